The van der Waals surface area contributed by atoms with Crippen molar-refractivity contribution < 1.29 is 17.9 Å². The van der Waals surface area contributed by atoms with Crippen LogP contribution in [0.2, 0.25) is 0 Å². The number of carbonyl (C=O) groups excluding carboxylic acids is 1. The van der Waals surface area contributed by atoms with Crippen LogP contribution < -0.4 is 4.74 Å². The molecule has 162 valence electrons. The third-order valence-electron chi connectivity index (χ3n) is 5.80. The number of sulfonamides is 1. The molecule has 1 fully saturated rings. The summed E-state index contributed by atoms with van der Waals surface area (Å²) < 4.78 is 34.7. The minimum Gasteiger partial charge on any atom is -0.487 e. The molecule has 0 aromatic heterocycles. The highest BCUT2D eigenvalue weighted by Gasteiger charge is 2.44. The van der Waals surface area contributed by atoms with Gasteiger partial charge in [-0.2, -0.15) is 4.31 Å². The van der Waals surface area contributed by atoms with Crippen LogP contribution in [-0.2, 0) is 14.8 Å². The summed E-state index contributed by atoms with van der Waals surface area (Å²) in [6, 6.07) is 6.40. The van der Waals surface area contributed by atoms with E-state index in [1.807, 2.05) is 0 Å². The van der Waals surface area contributed by atoms with E-state index in [0.717, 1.165) is 32.5 Å². The number of rotatable bonds is 5. The molecule has 1 amide bonds. The van der Waals surface area contributed by atoms with E-state index in [4.69, 9.17) is 4.74 Å². The van der Waals surface area contributed by atoms with Gasteiger partial charge in [-0.05, 0) is 50.4 Å². The lowest BCUT2D eigenvalue weighted by Gasteiger charge is -2.32. The van der Waals surface area contributed by atoms with Crippen molar-refractivity contribution in [2.45, 2.75) is 50.2 Å². The first-order valence-corrected chi connectivity index (χ1v) is 11.8. The number of hydrogen-bond acceptors (Lipinski definition) is 5. The summed E-state index contributed by atoms with van der Waals surface area (Å²) in [7, 11) is -0.539. The monoisotopic (exact) mass is 423 g/mol. The maximum Gasteiger partial charge on any atom is 0.247 e. The van der Waals surface area contributed by atoms with E-state index >= 15 is 0 Å². The maximum absolute atomic E-state index is 13.5. The summed E-state index contributed by atoms with van der Waals surface area (Å²) in [5, 5.41) is 0. The second-order valence-electron chi connectivity index (χ2n) is 8.61. The van der Waals surface area contributed by atoms with Crippen LogP contribution in [0.3, 0.4) is 0 Å². The van der Waals surface area contributed by atoms with E-state index in [1.54, 1.807) is 38.4 Å². The molecule has 2 aliphatic rings. The largest absolute Gasteiger partial charge is 0.487 e. The van der Waals surface area contributed by atoms with Crippen molar-refractivity contribution in [1.82, 2.24) is 14.1 Å². The third kappa shape index (κ3) is 4.92. The van der Waals surface area contributed by atoms with Crippen molar-refractivity contribution in [1.29, 1.82) is 0 Å². The van der Waals surface area contributed by atoms with Crippen LogP contribution in [0.4, 0.5) is 0 Å². The molecular formula is C21H33N3O4S. The van der Waals surface area contributed by atoms with Crippen LogP contribution in [0, 0.1) is 5.92 Å². The van der Waals surface area contributed by atoms with Gasteiger partial charge in [-0.15, -0.1) is 0 Å². The Bertz CT molecular complexity index is 825. The van der Waals surface area contributed by atoms with E-state index in [2.05, 4.69) is 18.7 Å². The summed E-state index contributed by atoms with van der Waals surface area (Å²) in [5.41, 5.74) is 0. The third-order valence-corrected chi connectivity index (χ3v) is 7.71. The fraction of sp³-hybridized carbons (Fsp3) is 0.667. The second kappa shape index (κ2) is 9.02. The summed E-state index contributed by atoms with van der Waals surface area (Å²) in [5.74, 6) is 0.784. The molecule has 2 aliphatic heterocycles. The highest BCUT2D eigenvalue weighted by atomic mass is 32.2. The Morgan fingerprint density at radius 3 is 2.59 bits per heavy atom. The zero-order chi connectivity index (χ0) is 21.2. The lowest BCUT2D eigenvalue weighted by molar-refractivity contribution is -0.129. The Kier molecular flexibility index (Phi) is 6.86. The van der Waals surface area contributed by atoms with Crippen molar-refractivity contribution in [3.05, 3.63) is 24.3 Å². The van der Waals surface area contributed by atoms with Crippen molar-refractivity contribution in [3.63, 3.8) is 0 Å². The standard InChI is InChI=1S/C21H33N3O4S/c1-16(2)9-12-23-13-10-17-18(11-14-23)28-19-7-5-6-8-20(19)29(26,27)24(17)15-21(25)22(3)4/h5-8,16-18H,9-15H2,1-4H3/t17-,18-/m0/s1. The van der Waals surface area contributed by atoms with Crippen molar-refractivity contribution in [2.75, 3.05) is 40.3 Å². The highest BCUT2D eigenvalue weighted by molar-refractivity contribution is 7.89. The van der Waals surface area contributed by atoms with Gasteiger partial charge in [-0.1, -0.05) is 26.0 Å². The van der Waals surface area contributed by atoms with Gasteiger partial charge in [0.1, 0.15) is 16.7 Å². The predicted molar refractivity (Wildman–Crippen MR) is 112 cm³/mol. The number of hydrogen-bond donors (Lipinski definition) is 0. The molecule has 1 aromatic rings. The molecule has 0 aliphatic carbocycles. The maximum atomic E-state index is 13.5. The number of benzene rings is 1. The molecule has 1 saturated heterocycles. The number of para-hydroxylation sites is 1. The van der Waals surface area contributed by atoms with Crippen molar-refractivity contribution in [3.8, 4) is 5.75 Å². The summed E-state index contributed by atoms with van der Waals surface area (Å²) >= 11 is 0. The number of likely N-dealkylation sites (tertiary alicyclic amines) is 1. The minimum absolute atomic E-state index is 0.149. The molecule has 8 heteroatoms. The van der Waals surface area contributed by atoms with E-state index in [0.29, 0.717) is 18.1 Å². The smallest absolute Gasteiger partial charge is 0.247 e. The molecule has 1 aromatic carbocycles. The van der Waals surface area contributed by atoms with Gasteiger partial charge in [-0.25, -0.2) is 8.42 Å². The van der Waals surface area contributed by atoms with Gasteiger partial charge in [0.2, 0.25) is 15.9 Å². The summed E-state index contributed by atoms with van der Waals surface area (Å²) in [4.78, 5) is 16.5. The quantitative estimate of drug-likeness (QED) is 0.725. The van der Waals surface area contributed by atoms with Crippen LogP contribution in [0.5, 0.6) is 5.75 Å². The highest BCUT2D eigenvalue weighted by Crippen LogP contribution is 2.36. The fourth-order valence-electron chi connectivity index (χ4n) is 3.95. The Morgan fingerprint density at radius 2 is 1.90 bits per heavy atom. The molecule has 0 radical (unpaired) electrons. The van der Waals surface area contributed by atoms with Crippen LogP contribution in [-0.4, -0.2) is 80.9 Å². The summed E-state index contributed by atoms with van der Waals surface area (Å²) in [6.45, 7) is 6.92. The number of amides is 1. The Morgan fingerprint density at radius 1 is 1.21 bits per heavy atom. The number of fused-ring (bicyclic) bond motifs is 2. The Balaban J connectivity index is 1.94. The average Bonchev–Trinajstić information content (AvgIpc) is 2.90. The first-order chi connectivity index (χ1) is 13.7. The zero-order valence-corrected chi connectivity index (χ0v) is 18.7. The van der Waals surface area contributed by atoms with Crippen LogP contribution in [0.25, 0.3) is 0 Å². The lowest BCUT2D eigenvalue weighted by atomic mass is 10.1. The number of ether oxygens (including phenoxy) is 1. The SMILES string of the molecule is CC(C)CCN1CC[C@@H]2Oc3ccccc3S(=O)(=O)N(CC(=O)N(C)C)[C@H]2CC1. The molecule has 2 heterocycles. The molecule has 7 nitrogen and oxygen atoms in total. The molecule has 2 atom stereocenters. The van der Waals surface area contributed by atoms with Gasteiger partial charge in [-0.3, -0.25) is 4.79 Å². The molecular weight excluding hydrogens is 390 g/mol. The van der Waals surface area contributed by atoms with Crippen LogP contribution in [0.15, 0.2) is 29.2 Å². The molecule has 29 heavy (non-hydrogen) atoms. The molecule has 0 bridgehead atoms. The van der Waals surface area contributed by atoms with Gasteiger partial charge in [0, 0.05) is 20.6 Å². The van der Waals surface area contributed by atoms with E-state index < -0.39 is 10.0 Å². The average molecular weight is 424 g/mol. The van der Waals surface area contributed by atoms with E-state index in [-0.39, 0.29) is 29.5 Å². The van der Waals surface area contributed by atoms with E-state index in [1.165, 1.54) is 9.21 Å². The van der Waals surface area contributed by atoms with Crippen molar-refractivity contribution in [2.24, 2.45) is 5.92 Å². The molecule has 0 spiro atoms. The van der Waals surface area contributed by atoms with Crippen LogP contribution in [0.1, 0.15) is 33.1 Å². The first kappa shape index (κ1) is 22.1. The van der Waals surface area contributed by atoms with Gasteiger partial charge in [0.15, 0.2) is 0 Å². The Labute approximate surface area is 174 Å². The van der Waals surface area contributed by atoms with E-state index in [9.17, 15) is 13.2 Å². The lowest BCUT2D eigenvalue weighted by Crippen LogP contribution is -2.50. The second-order valence-corrected chi connectivity index (χ2v) is 10.5. The zero-order valence-electron chi connectivity index (χ0n) is 17.9. The van der Waals surface area contributed by atoms with Gasteiger partial charge >= 0.3 is 0 Å². The normalized spacial score (nSPS) is 24.7. The number of carbonyl (C=O) groups is 1. The van der Waals surface area contributed by atoms with Gasteiger partial charge < -0.3 is 14.5 Å². The molecule has 0 N–H and O–H groups in total. The van der Waals surface area contributed by atoms with Gasteiger partial charge in [0.25, 0.3) is 0 Å². The van der Waals surface area contributed by atoms with Gasteiger partial charge in [0.05, 0.1) is 12.6 Å². The first-order valence-electron chi connectivity index (χ1n) is 10.4. The minimum atomic E-state index is -3.84. The molecule has 3 rings (SSSR count). The summed E-state index contributed by atoms with van der Waals surface area (Å²) in [6.07, 6.45) is 2.23. The number of nitrogens with zero attached hydrogens (tertiary/aromatic N) is 3. The van der Waals surface area contributed by atoms with Crippen LogP contribution >= 0.6 is 0 Å². The predicted octanol–water partition coefficient (Wildman–Crippen LogP) is 2.04. The topological polar surface area (TPSA) is 70.2 Å². The number of likely N-dealkylation sites (N-methyl/N-ethyl adjacent to an activating group) is 1. The fourth-order valence-corrected chi connectivity index (χ4v) is 5.70. The van der Waals surface area contributed by atoms with Crippen molar-refractivity contribution >= 4 is 15.9 Å². The molecule has 0 unspecified atom stereocenters. The Hall–Kier alpha value is -1.64. The molecule has 0 saturated carbocycles.